The molecule has 2 aromatic heterocycles. The smallest absolute Gasteiger partial charge is 0.230 e. The lowest BCUT2D eigenvalue weighted by Gasteiger charge is -2.34. The lowest BCUT2D eigenvalue weighted by atomic mass is 10.1. The fourth-order valence-corrected chi connectivity index (χ4v) is 4.62. The number of piperazine rings is 1. The number of aromatic nitrogens is 3. The van der Waals surface area contributed by atoms with E-state index in [1.165, 1.54) is 22.9 Å². The molecule has 0 radical (unpaired) electrons. The molecule has 1 aliphatic rings. The summed E-state index contributed by atoms with van der Waals surface area (Å²) in [5.41, 5.74) is 4.59. The molecule has 1 aliphatic heterocycles. The van der Waals surface area contributed by atoms with Gasteiger partial charge in [-0.3, -0.25) is 9.36 Å². The molecule has 1 saturated heterocycles. The normalized spacial score (nSPS) is 14.5. The van der Waals surface area contributed by atoms with Gasteiger partial charge >= 0.3 is 0 Å². The van der Waals surface area contributed by atoms with Crippen molar-refractivity contribution in [2.75, 3.05) is 43.9 Å². The predicted molar refractivity (Wildman–Crippen MR) is 130 cm³/mol. The van der Waals surface area contributed by atoms with E-state index in [4.69, 9.17) is 0 Å². The Morgan fingerprint density at radius 1 is 1.06 bits per heavy atom. The fraction of sp³-hybridized carbons (Fsp3) is 0.375. The van der Waals surface area contributed by atoms with Crippen LogP contribution in [-0.2, 0) is 11.3 Å². The van der Waals surface area contributed by atoms with Gasteiger partial charge in [0.15, 0.2) is 5.16 Å². The van der Waals surface area contributed by atoms with E-state index in [2.05, 4.69) is 58.1 Å². The number of imidazole rings is 1. The van der Waals surface area contributed by atoms with Crippen molar-refractivity contribution in [1.29, 1.82) is 0 Å². The summed E-state index contributed by atoms with van der Waals surface area (Å²) in [4.78, 5) is 26.3. The molecule has 3 heterocycles. The van der Waals surface area contributed by atoms with Crippen LogP contribution in [-0.4, -0.2) is 64.3 Å². The van der Waals surface area contributed by atoms with E-state index < -0.39 is 0 Å². The standard InChI is InChI=1S/C24H30N6OS/c1-18-6-4-8-21(19(18)2)30-11-10-26-24(30)32-17-22(31)27-16-20-7-5-9-25-23(20)29-14-12-28(3)13-15-29/h4-11H,12-17H2,1-3H3,(H,27,31). The first-order valence-corrected chi connectivity index (χ1v) is 11.9. The zero-order valence-corrected chi connectivity index (χ0v) is 19.7. The minimum absolute atomic E-state index is 0.0151. The summed E-state index contributed by atoms with van der Waals surface area (Å²) in [5, 5.41) is 3.87. The Hall–Kier alpha value is -2.84. The summed E-state index contributed by atoms with van der Waals surface area (Å²) in [7, 11) is 2.14. The first-order chi connectivity index (χ1) is 15.5. The molecule has 0 atom stereocenters. The summed E-state index contributed by atoms with van der Waals surface area (Å²) in [6.07, 6.45) is 5.54. The van der Waals surface area contributed by atoms with Gasteiger partial charge in [0.05, 0.1) is 11.4 Å². The highest BCUT2D eigenvalue weighted by molar-refractivity contribution is 7.99. The topological polar surface area (TPSA) is 66.3 Å². The van der Waals surface area contributed by atoms with Crippen LogP contribution < -0.4 is 10.2 Å². The molecular weight excluding hydrogens is 420 g/mol. The molecule has 1 aromatic carbocycles. The predicted octanol–water partition coefficient (Wildman–Crippen LogP) is 3.04. The number of carbonyl (C=O) groups excluding carboxylic acids is 1. The molecule has 0 aliphatic carbocycles. The third-order valence-corrected chi connectivity index (χ3v) is 6.89. The summed E-state index contributed by atoms with van der Waals surface area (Å²) < 4.78 is 2.05. The Bertz CT molecular complexity index is 1070. The number of nitrogens with zero attached hydrogens (tertiary/aromatic N) is 5. The first-order valence-electron chi connectivity index (χ1n) is 10.9. The average Bonchev–Trinajstić information content (AvgIpc) is 3.27. The highest BCUT2D eigenvalue weighted by atomic mass is 32.2. The van der Waals surface area contributed by atoms with Crippen molar-refractivity contribution in [3.8, 4) is 5.69 Å². The highest BCUT2D eigenvalue weighted by Crippen LogP contribution is 2.24. The minimum Gasteiger partial charge on any atom is -0.354 e. The molecule has 168 valence electrons. The molecule has 1 amide bonds. The molecule has 0 saturated carbocycles. The number of amides is 1. The number of pyridine rings is 1. The summed E-state index contributed by atoms with van der Waals surface area (Å²) in [6, 6.07) is 10.2. The number of rotatable bonds is 7. The molecular formula is C24H30N6OS. The van der Waals surface area contributed by atoms with E-state index in [0.717, 1.165) is 48.4 Å². The molecule has 1 fully saturated rings. The summed E-state index contributed by atoms with van der Waals surface area (Å²) in [5.74, 6) is 1.27. The number of thioether (sulfide) groups is 1. The van der Waals surface area contributed by atoms with Gasteiger partial charge in [-0.25, -0.2) is 9.97 Å². The van der Waals surface area contributed by atoms with Crippen molar-refractivity contribution in [2.45, 2.75) is 25.5 Å². The SMILES string of the molecule is Cc1cccc(-n2ccnc2SCC(=O)NCc2cccnc2N2CCN(C)CC2)c1C. The van der Waals surface area contributed by atoms with Crippen LogP contribution in [0.3, 0.4) is 0 Å². The van der Waals surface area contributed by atoms with Gasteiger partial charge in [0.1, 0.15) is 5.82 Å². The van der Waals surface area contributed by atoms with E-state index in [-0.39, 0.29) is 5.91 Å². The maximum atomic E-state index is 12.6. The van der Waals surface area contributed by atoms with E-state index in [0.29, 0.717) is 12.3 Å². The van der Waals surface area contributed by atoms with Gasteiger partial charge in [-0.15, -0.1) is 0 Å². The van der Waals surface area contributed by atoms with Crippen LogP contribution >= 0.6 is 11.8 Å². The fourth-order valence-electron chi connectivity index (χ4n) is 3.82. The summed E-state index contributed by atoms with van der Waals surface area (Å²) in [6.45, 7) is 8.62. The van der Waals surface area contributed by atoms with Crippen molar-refractivity contribution >= 4 is 23.5 Å². The second kappa shape index (κ2) is 10.2. The van der Waals surface area contributed by atoms with Crippen LogP contribution in [0.1, 0.15) is 16.7 Å². The van der Waals surface area contributed by atoms with Gasteiger partial charge < -0.3 is 15.1 Å². The van der Waals surface area contributed by atoms with E-state index >= 15 is 0 Å². The lowest BCUT2D eigenvalue weighted by molar-refractivity contribution is -0.118. The Balaban J connectivity index is 1.36. The first kappa shape index (κ1) is 22.4. The van der Waals surface area contributed by atoms with E-state index in [9.17, 15) is 4.79 Å². The largest absolute Gasteiger partial charge is 0.354 e. The molecule has 4 rings (SSSR count). The maximum absolute atomic E-state index is 12.6. The lowest BCUT2D eigenvalue weighted by Crippen LogP contribution is -2.45. The number of hydrogen-bond acceptors (Lipinski definition) is 6. The van der Waals surface area contributed by atoms with Crippen LogP contribution in [0.25, 0.3) is 5.69 Å². The van der Waals surface area contributed by atoms with E-state index in [1.807, 2.05) is 35.2 Å². The molecule has 8 heteroatoms. The third-order valence-electron chi connectivity index (χ3n) is 5.92. The Labute approximate surface area is 193 Å². The highest BCUT2D eigenvalue weighted by Gasteiger charge is 2.18. The number of anilines is 1. The van der Waals surface area contributed by atoms with Gasteiger partial charge in [-0.2, -0.15) is 0 Å². The Morgan fingerprint density at radius 2 is 1.88 bits per heavy atom. The monoisotopic (exact) mass is 450 g/mol. The van der Waals surface area contributed by atoms with Crippen LogP contribution in [0.4, 0.5) is 5.82 Å². The molecule has 0 bridgehead atoms. The zero-order chi connectivity index (χ0) is 22.5. The van der Waals surface area contributed by atoms with Crippen LogP contribution in [0.2, 0.25) is 0 Å². The number of benzene rings is 1. The van der Waals surface area contributed by atoms with Gasteiger partial charge in [0, 0.05) is 56.9 Å². The number of carbonyl (C=O) groups is 1. The number of likely N-dealkylation sites (N-methyl/N-ethyl adjacent to an activating group) is 1. The number of nitrogens with one attached hydrogen (secondary N) is 1. The Kier molecular flexibility index (Phi) is 7.12. The molecule has 7 nitrogen and oxygen atoms in total. The molecule has 3 aromatic rings. The van der Waals surface area contributed by atoms with E-state index in [1.54, 1.807) is 6.20 Å². The third kappa shape index (κ3) is 5.14. The summed E-state index contributed by atoms with van der Waals surface area (Å²) >= 11 is 1.45. The average molecular weight is 451 g/mol. The Morgan fingerprint density at radius 3 is 2.69 bits per heavy atom. The van der Waals surface area contributed by atoms with Gasteiger partial charge in [0.2, 0.25) is 5.91 Å². The van der Waals surface area contributed by atoms with Crippen molar-refractivity contribution < 1.29 is 4.79 Å². The second-order valence-electron chi connectivity index (χ2n) is 8.14. The van der Waals surface area contributed by atoms with Crippen molar-refractivity contribution in [3.05, 3.63) is 65.6 Å². The molecule has 1 N–H and O–H groups in total. The van der Waals surface area contributed by atoms with Gasteiger partial charge in [-0.05, 0) is 44.2 Å². The number of aryl methyl sites for hydroxylation is 1. The van der Waals surface area contributed by atoms with Crippen molar-refractivity contribution in [2.24, 2.45) is 0 Å². The van der Waals surface area contributed by atoms with Crippen molar-refractivity contribution in [1.82, 2.24) is 24.8 Å². The van der Waals surface area contributed by atoms with Crippen molar-refractivity contribution in [3.63, 3.8) is 0 Å². The molecule has 0 unspecified atom stereocenters. The second-order valence-corrected chi connectivity index (χ2v) is 9.08. The van der Waals surface area contributed by atoms with Crippen LogP contribution in [0.15, 0.2) is 54.1 Å². The quantitative estimate of drug-likeness (QED) is 0.558. The van der Waals surface area contributed by atoms with Gasteiger partial charge in [-0.1, -0.05) is 30.0 Å². The maximum Gasteiger partial charge on any atom is 0.230 e. The minimum atomic E-state index is -0.0151. The van der Waals surface area contributed by atoms with Crippen LogP contribution in [0.5, 0.6) is 0 Å². The molecule has 0 spiro atoms. The zero-order valence-electron chi connectivity index (χ0n) is 18.9. The van der Waals surface area contributed by atoms with Gasteiger partial charge in [0.25, 0.3) is 0 Å². The molecule has 32 heavy (non-hydrogen) atoms. The van der Waals surface area contributed by atoms with Crippen LogP contribution in [0, 0.1) is 13.8 Å². The number of hydrogen-bond donors (Lipinski definition) is 1.